The molecule has 3 heteroatoms. The molecule has 3 nitrogen and oxygen atoms in total. The van der Waals surface area contributed by atoms with Crippen molar-refractivity contribution in [2.75, 3.05) is 4.90 Å². The molecule has 0 atom stereocenters. The van der Waals surface area contributed by atoms with Crippen LogP contribution in [0.25, 0.3) is 83.2 Å². The smallest absolute Gasteiger partial charge is 0.138 e. The van der Waals surface area contributed by atoms with Crippen LogP contribution in [0.3, 0.4) is 0 Å². The van der Waals surface area contributed by atoms with Gasteiger partial charge in [-0.3, -0.25) is 4.90 Å². The highest BCUT2D eigenvalue weighted by Crippen LogP contribution is 2.51. The molecule has 0 unspecified atom stereocenters. The van der Waals surface area contributed by atoms with E-state index in [2.05, 4.69) is 224 Å². The Labute approximate surface area is 343 Å². The van der Waals surface area contributed by atoms with E-state index in [0.717, 1.165) is 44.6 Å². The summed E-state index contributed by atoms with van der Waals surface area (Å²) in [4.78, 5) is 7.65. The molecule has 1 aliphatic carbocycles. The highest BCUT2D eigenvalue weighted by molar-refractivity contribution is 6.24. The first-order valence-corrected chi connectivity index (χ1v) is 20.5. The van der Waals surface area contributed by atoms with Gasteiger partial charge < -0.3 is 4.57 Å². The largest absolute Gasteiger partial charge is 0.309 e. The molecular weight excluding hydrogens is 715 g/mol. The third kappa shape index (κ3) is 5.11. The van der Waals surface area contributed by atoms with E-state index in [0.29, 0.717) is 0 Å². The summed E-state index contributed by atoms with van der Waals surface area (Å²) >= 11 is 0. The zero-order chi connectivity index (χ0) is 39.2. The van der Waals surface area contributed by atoms with Crippen LogP contribution in [0.1, 0.15) is 36.1 Å². The molecule has 0 aliphatic heterocycles. The van der Waals surface area contributed by atoms with Crippen molar-refractivity contribution in [1.82, 2.24) is 9.55 Å². The van der Waals surface area contributed by atoms with E-state index in [9.17, 15) is 0 Å². The fourth-order valence-corrected chi connectivity index (χ4v) is 9.91. The minimum atomic E-state index is -0.129. The molecule has 2 heterocycles. The second kappa shape index (κ2) is 12.8. The van der Waals surface area contributed by atoms with E-state index in [-0.39, 0.29) is 5.41 Å². The molecule has 0 radical (unpaired) electrons. The summed E-state index contributed by atoms with van der Waals surface area (Å²) in [5, 5.41) is 8.63. The summed E-state index contributed by atoms with van der Waals surface area (Å²) in [5.41, 5.74) is 14.3. The van der Waals surface area contributed by atoms with Crippen molar-refractivity contribution in [2.24, 2.45) is 0 Å². The molecule has 0 saturated carbocycles. The first-order chi connectivity index (χ1) is 29.0. The van der Waals surface area contributed by atoms with Crippen molar-refractivity contribution < 1.29 is 0 Å². The van der Waals surface area contributed by atoms with Gasteiger partial charge in [-0.2, -0.15) is 0 Å². The number of hydrogen-bond acceptors (Lipinski definition) is 2. The second-order valence-corrected chi connectivity index (χ2v) is 16.4. The number of hydrogen-bond donors (Lipinski definition) is 0. The lowest BCUT2D eigenvalue weighted by Gasteiger charge is -2.28. The van der Waals surface area contributed by atoms with Gasteiger partial charge in [-0.1, -0.05) is 147 Å². The summed E-state index contributed by atoms with van der Waals surface area (Å²) in [6, 6.07) is 68.4. The zero-order valence-electron chi connectivity index (χ0n) is 32.9. The number of anilines is 3. The Morgan fingerprint density at radius 2 is 1.24 bits per heavy atom. The van der Waals surface area contributed by atoms with Gasteiger partial charge in [-0.25, -0.2) is 4.98 Å². The standard InChI is InChI=1S/C56H39N3/c1-56(2)47-20-10-9-18-44(47)45-30-29-42(35-48(45)56)59(53-32-28-38-13-6-11-21-49(38)57-53)50-31-27-37(43-17-7-8-19-46(43)50)24-23-36-33-40-26-25-39-14-12-22-51-54(39)55(40)52(34-36)58(51)41-15-4-3-5-16-41/h3-35H,1-2H3/b24-23+. The lowest BCUT2D eigenvalue weighted by atomic mass is 9.82. The molecule has 0 amide bonds. The van der Waals surface area contributed by atoms with Crippen LogP contribution >= 0.6 is 0 Å². The molecule has 0 fully saturated rings. The number of rotatable bonds is 6. The summed E-state index contributed by atoms with van der Waals surface area (Å²) < 4.78 is 2.42. The summed E-state index contributed by atoms with van der Waals surface area (Å²) in [6.07, 6.45) is 4.55. The molecule has 2 aromatic heterocycles. The number of fused-ring (bicyclic) bond motifs is 5. The molecule has 278 valence electrons. The topological polar surface area (TPSA) is 21.1 Å². The number of pyridine rings is 1. The van der Waals surface area contributed by atoms with Crippen molar-refractivity contribution in [3.8, 4) is 16.8 Å². The molecule has 11 aromatic rings. The predicted molar refractivity (Wildman–Crippen MR) is 250 cm³/mol. The van der Waals surface area contributed by atoms with Crippen molar-refractivity contribution in [2.45, 2.75) is 19.3 Å². The van der Waals surface area contributed by atoms with Crippen molar-refractivity contribution in [3.63, 3.8) is 0 Å². The summed E-state index contributed by atoms with van der Waals surface area (Å²) in [6.45, 7) is 4.69. The van der Waals surface area contributed by atoms with Crippen LogP contribution in [0.5, 0.6) is 0 Å². The molecule has 1 aliphatic rings. The van der Waals surface area contributed by atoms with Gasteiger partial charge in [-0.05, 0) is 116 Å². The minimum absolute atomic E-state index is 0.129. The van der Waals surface area contributed by atoms with Gasteiger partial charge in [0.05, 0.1) is 22.2 Å². The maximum Gasteiger partial charge on any atom is 0.138 e. The highest BCUT2D eigenvalue weighted by Gasteiger charge is 2.36. The molecule has 0 bridgehead atoms. The lowest BCUT2D eigenvalue weighted by molar-refractivity contribution is 0.660. The van der Waals surface area contributed by atoms with Crippen LogP contribution in [0, 0.1) is 0 Å². The van der Waals surface area contributed by atoms with E-state index in [4.69, 9.17) is 4.98 Å². The van der Waals surface area contributed by atoms with Crippen LogP contribution in [0.2, 0.25) is 0 Å². The normalized spacial score (nSPS) is 13.3. The van der Waals surface area contributed by atoms with Crippen LogP contribution < -0.4 is 4.90 Å². The highest BCUT2D eigenvalue weighted by atomic mass is 15.2. The van der Waals surface area contributed by atoms with Crippen molar-refractivity contribution in [1.29, 1.82) is 0 Å². The summed E-state index contributed by atoms with van der Waals surface area (Å²) in [5.74, 6) is 0.887. The molecule has 0 spiro atoms. The Morgan fingerprint density at radius 1 is 0.508 bits per heavy atom. The van der Waals surface area contributed by atoms with E-state index < -0.39 is 0 Å². The van der Waals surface area contributed by atoms with Crippen molar-refractivity contribution in [3.05, 3.63) is 210 Å². The molecule has 0 N–H and O–H groups in total. The van der Waals surface area contributed by atoms with Crippen LogP contribution in [0.15, 0.2) is 188 Å². The van der Waals surface area contributed by atoms with Crippen LogP contribution in [0.4, 0.5) is 17.2 Å². The number of nitrogens with zero attached hydrogens (tertiary/aromatic N) is 3. The molecule has 9 aromatic carbocycles. The average Bonchev–Trinajstić information content (AvgIpc) is 3.74. The fraction of sp³-hybridized carbons (Fsp3) is 0.0536. The van der Waals surface area contributed by atoms with Crippen molar-refractivity contribution >= 4 is 83.6 Å². The van der Waals surface area contributed by atoms with Gasteiger partial charge in [-0.15, -0.1) is 0 Å². The SMILES string of the molecule is CC1(C)c2ccccc2-c2ccc(N(c3ccc4ccccc4n3)c3ccc(/C=C/c4cc5ccc6cccc7c6c5c(c4)n7-c4ccccc4)c4ccccc34)cc21. The van der Waals surface area contributed by atoms with E-state index >= 15 is 0 Å². The lowest BCUT2D eigenvalue weighted by Crippen LogP contribution is -2.17. The van der Waals surface area contributed by atoms with Gasteiger partial charge in [0.2, 0.25) is 0 Å². The van der Waals surface area contributed by atoms with E-state index in [1.807, 2.05) is 0 Å². The van der Waals surface area contributed by atoms with Gasteiger partial charge in [0.1, 0.15) is 5.82 Å². The van der Waals surface area contributed by atoms with Gasteiger partial charge in [0.25, 0.3) is 0 Å². The molecular formula is C56H39N3. The van der Waals surface area contributed by atoms with Crippen LogP contribution in [-0.2, 0) is 5.41 Å². The maximum absolute atomic E-state index is 5.30. The molecule has 59 heavy (non-hydrogen) atoms. The van der Waals surface area contributed by atoms with Gasteiger partial charge >= 0.3 is 0 Å². The Kier molecular flexibility index (Phi) is 7.27. The van der Waals surface area contributed by atoms with Crippen LogP contribution in [-0.4, -0.2) is 9.55 Å². The van der Waals surface area contributed by atoms with E-state index in [1.54, 1.807) is 0 Å². The molecule has 0 saturated heterocycles. The maximum atomic E-state index is 5.30. The second-order valence-electron chi connectivity index (χ2n) is 16.4. The predicted octanol–water partition coefficient (Wildman–Crippen LogP) is 15.0. The number of aromatic nitrogens is 2. The third-order valence-corrected chi connectivity index (χ3v) is 12.7. The monoisotopic (exact) mass is 753 g/mol. The van der Waals surface area contributed by atoms with Gasteiger partial charge in [0.15, 0.2) is 0 Å². The van der Waals surface area contributed by atoms with Gasteiger partial charge in [0, 0.05) is 38.3 Å². The number of benzene rings is 9. The Hall–Kier alpha value is -7.49. The Morgan fingerprint density at radius 3 is 2.15 bits per heavy atom. The Balaban J connectivity index is 1.01. The third-order valence-electron chi connectivity index (χ3n) is 12.7. The first kappa shape index (κ1) is 33.6. The average molecular weight is 754 g/mol. The minimum Gasteiger partial charge on any atom is -0.309 e. The summed E-state index contributed by atoms with van der Waals surface area (Å²) in [7, 11) is 0. The molecule has 12 rings (SSSR count). The Bertz CT molecular complexity index is 3480. The van der Waals surface area contributed by atoms with E-state index in [1.165, 1.54) is 65.9 Å². The fourth-order valence-electron chi connectivity index (χ4n) is 9.91. The number of para-hydroxylation sites is 2. The quantitative estimate of drug-likeness (QED) is 0.125. The zero-order valence-corrected chi connectivity index (χ0v) is 32.9. The first-order valence-electron chi connectivity index (χ1n) is 20.5.